The summed E-state index contributed by atoms with van der Waals surface area (Å²) in [5.41, 5.74) is -0.815. The number of nitrogens with zero attached hydrogens (tertiary/aromatic N) is 2. The zero-order chi connectivity index (χ0) is 25.1. The van der Waals surface area contributed by atoms with Crippen LogP contribution in [0.1, 0.15) is 27.8 Å². The first-order valence-corrected chi connectivity index (χ1v) is 11.3. The van der Waals surface area contributed by atoms with Gasteiger partial charge in [0.05, 0.1) is 26.2 Å². The van der Waals surface area contributed by atoms with Gasteiger partial charge in [-0.25, -0.2) is 9.18 Å². The van der Waals surface area contributed by atoms with Gasteiger partial charge in [0, 0.05) is 22.4 Å². The minimum atomic E-state index is -0.782. The number of carbonyl (C=O) groups excluding carboxylic acids is 2. The van der Waals surface area contributed by atoms with Crippen molar-refractivity contribution in [2.75, 3.05) is 26.1 Å². The number of para-hydroxylation sites is 1. The molecule has 0 fully saturated rings. The second-order valence-electron chi connectivity index (χ2n) is 7.15. The summed E-state index contributed by atoms with van der Waals surface area (Å²) in [7, 11) is 2.91. The first-order chi connectivity index (χ1) is 16.9. The average Bonchev–Trinajstić information content (AvgIpc) is 3.28. The van der Waals surface area contributed by atoms with Gasteiger partial charge in [-0.3, -0.25) is 9.59 Å². The van der Waals surface area contributed by atoms with Crippen LogP contribution in [0.25, 0.3) is 16.5 Å². The fourth-order valence-electron chi connectivity index (χ4n) is 3.39. The van der Waals surface area contributed by atoms with E-state index in [4.69, 9.17) is 14.2 Å². The second kappa shape index (κ2) is 9.94. The van der Waals surface area contributed by atoms with Gasteiger partial charge >= 0.3 is 5.97 Å². The van der Waals surface area contributed by atoms with Crippen molar-refractivity contribution in [3.63, 3.8) is 0 Å². The number of ether oxygens (including phenoxy) is 3. The zero-order valence-corrected chi connectivity index (χ0v) is 19.8. The molecule has 2 aromatic carbocycles. The molecule has 35 heavy (non-hydrogen) atoms. The molecule has 0 saturated carbocycles. The molecular formula is C24H20FN3O6S. The standard InChI is InChI=1S/C24H20FN3O6S/c1-4-34-24(31)20-16-12-35-22(26-21(29)13-9-14(32-2)11-15(10-13)33-3)19(16)23(30)28(27-20)18-8-6-5-7-17(18)25/h5-12H,4H2,1-3H3,(H,26,29). The fraction of sp³-hybridized carbons (Fsp3) is 0.167. The molecule has 0 radical (unpaired) electrons. The Balaban J connectivity index is 1.87. The van der Waals surface area contributed by atoms with Crippen LogP contribution in [0.2, 0.25) is 0 Å². The lowest BCUT2D eigenvalue weighted by Gasteiger charge is -2.11. The molecule has 0 saturated heterocycles. The van der Waals surface area contributed by atoms with E-state index in [0.29, 0.717) is 11.5 Å². The van der Waals surface area contributed by atoms with Crippen molar-refractivity contribution >= 4 is 39.0 Å². The molecule has 180 valence electrons. The maximum atomic E-state index is 14.5. The second-order valence-corrected chi connectivity index (χ2v) is 8.03. The molecule has 0 aliphatic carbocycles. The molecule has 0 atom stereocenters. The van der Waals surface area contributed by atoms with Crippen LogP contribution in [0, 0.1) is 5.82 Å². The topological polar surface area (TPSA) is 109 Å². The number of carbonyl (C=O) groups is 2. The van der Waals surface area contributed by atoms with Gasteiger partial charge in [0.2, 0.25) is 0 Å². The molecule has 4 rings (SSSR count). The van der Waals surface area contributed by atoms with Gasteiger partial charge in [-0.05, 0) is 31.2 Å². The van der Waals surface area contributed by atoms with E-state index in [2.05, 4.69) is 10.4 Å². The highest BCUT2D eigenvalue weighted by molar-refractivity contribution is 7.16. The van der Waals surface area contributed by atoms with Crippen molar-refractivity contribution < 1.29 is 28.2 Å². The SMILES string of the molecule is CCOC(=O)c1nn(-c2ccccc2F)c(=O)c2c(NC(=O)c3cc(OC)cc(OC)c3)scc12. The number of methoxy groups -OCH3 is 2. The maximum absolute atomic E-state index is 14.5. The van der Waals surface area contributed by atoms with E-state index in [0.717, 1.165) is 16.0 Å². The Morgan fingerprint density at radius 2 is 1.80 bits per heavy atom. The summed E-state index contributed by atoms with van der Waals surface area (Å²) >= 11 is 1.03. The van der Waals surface area contributed by atoms with Gasteiger partial charge in [0.25, 0.3) is 11.5 Å². The van der Waals surface area contributed by atoms with Crippen LogP contribution in [-0.2, 0) is 4.74 Å². The summed E-state index contributed by atoms with van der Waals surface area (Å²) in [4.78, 5) is 39.1. The fourth-order valence-corrected chi connectivity index (χ4v) is 4.32. The monoisotopic (exact) mass is 497 g/mol. The summed E-state index contributed by atoms with van der Waals surface area (Å²) in [5.74, 6) is -1.23. The van der Waals surface area contributed by atoms with Crippen LogP contribution < -0.4 is 20.3 Å². The maximum Gasteiger partial charge on any atom is 0.359 e. The van der Waals surface area contributed by atoms with E-state index < -0.39 is 23.3 Å². The van der Waals surface area contributed by atoms with Gasteiger partial charge in [0.1, 0.15) is 28.0 Å². The van der Waals surface area contributed by atoms with Crippen molar-refractivity contribution in [3.05, 3.63) is 75.3 Å². The van der Waals surface area contributed by atoms with E-state index in [1.54, 1.807) is 13.0 Å². The van der Waals surface area contributed by atoms with Gasteiger partial charge in [-0.15, -0.1) is 11.3 Å². The number of amides is 1. The molecule has 9 nitrogen and oxygen atoms in total. The number of esters is 1. The third kappa shape index (κ3) is 4.58. The lowest BCUT2D eigenvalue weighted by Crippen LogP contribution is -2.26. The Kier molecular flexibility index (Phi) is 6.78. The van der Waals surface area contributed by atoms with Gasteiger partial charge < -0.3 is 19.5 Å². The lowest BCUT2D eigenvalue weighted by molar-refractivity contribution is 0.0519. The minimum absolute atomic E-state index is 0.000447. The molecule has 0 spiro atoms. The largest absolute Gasteiger partial charge is 0.497 e. The van der Waals surface area contributed by atoms with E-state index in [1.165, 1.54) is 56.0 Å². The number of benzene rings is 2. The van der Waals surface area contributed by atoms with Crippen LogP contribution in [0.4, 0.5) is 9.39 Å². The highest BCUT2D eigenvalue weighted by Gasteiger charge is 2.24. The van der Waals surface area contributed by atoms with Crippen LogP contribution in [-0.4, -0.2) is 42.5 Å². The molecule has 0 aliphatic rings. The summed E-state index contributed by atoms with van der Waals surface area (Å²) in [6, 6.07) is 10.2. The van der Waals surface area contributed by atoms with E-state index in [-0.39, 0.29) is 39.3 Å². The zero-order valence-electron chi connectivity index (χ0n) is 19.0. The number of hydrogen-bond acceptors (Lipinski definition) is 8. The van der Waals surface area contributed by atoms with Gasteiger partial charge in [0.15, 0.2) is 5.69 Å². The predicted molar refractivity (Wildman–Crippen MR) is 129 cm³/mol. The van der Waals surface area contributed by atoms with Crippen molar-refractivity contribution in [2.45, 2.75) is 6.92 Å². The molecular weight excluding hydrogens is 477 g/mol. The number of nitrogens with one attached hydrogen (secondary N) is 1. The molecule has 0 unspecified atom stereocenters. The van der Waals surface area contributed by atoms with Crippen molar-refractivity contribution in [1.29, 1.82) is 0 Å². The van der Waals surface area contributed by atoms with Gasteiger partial charge in [-0.1, -0.05) is 12.1 Å². The first kappa shape index (κ1) is 23.9. The molecule has 11 heteroatoms. The van der Waals surface area contributed by atoms with E-state index in [9.17, 15) is 18.8 Å². The van der Waals surface area contributed by atoms with Crippen LogP contribution >= 0.6 is 11.3 Å². The highest BCUT2D eigenvalue weighted by Crippen LogP contribution is 2.32. The van der Waals surface area contributed by atoms with Crippen LogP contribution in [0.5, 0.6) is 11.5 Å². The Bertz CT molecular complexity index is 1470. The van der Waals surface area contributed by atoms with Crippen LogP contribution in [0.3, 0.4) is 0 Å². The van der Waals surface area contributed by atoms with E-state index >= 15 is 0 Å². The highest BCUT2D eigenvalue weighted by atomic mass is 32.1. The van der Waals surface area contributed by atoms with Crippen molar-refractivity contribution in [3.8, 4) is 17.2 Å². The molecule has 2 heterocycles. The lowest BCUT2D eigenvalue weighted by atomic mass is 10.1. The summed E-state index contributed by atoms with van der Waals surface area (Å²) in [6.45, 7) is 1.70. The van der Waals surface area contributed by atoms with E-state index in [1.807, 2.05) is 0 Å². The number of anilines is 1. The summed E-state index contributed by atoms with van der Waals surface area (Å²) < 4.78 is 30.8. The number of fused-ring (bicyclic) bond motifs is 1. The number of thiophene rings is 1. The number of halogens is 1. The Hall–Kier alpha value is -4.25. The Morgan fingerprint density at radius 3 is 2.43 bits per heavy atom. The van der Waals surface area contributed by atoms with Crippen LogP contribution in [0.15, 0.2) is 52.6 Å². The summed E-state index contributed by atoms with van der Waals surface area (Å²) in [6.07, 6.45) is 0. The predicted octanol–water partition coefficient (Wildman–Crippen LogP) is 4.03. The third-order valence-electron chi connectivity index (χ3n) is 5.04. The number of hydrogen-bond donors (Lipinski definition) is 1. The van der Waals surface area contributed by atoms with Crippen molar-refractivity contribution in [1.82, 2.24) is 9.78 Å². The molecule has 0 aliphatic heterocycles. The first-order valence-electron chi connectivity index (χ1n) is 10.4. The molecule has 4 aromatic rings. The number of rotatable bonds is 7. The molecule has 1 amide bonds. The molecule has 2 aromatic heterocycles. The molecule has 0 bridgehead atoms. The minimum Gasteiger partial charge on any atom is -0.497 e. The smallest absolute Gasteiger partial charge is 0.359 e. The summed E-state index contributed by atoms with van der Waals surface area (Å²) in [5, 5.41) is 8.66. The Morgan fingerprint density at radius 1 is 1.11 bits per heavy atom. The Labute approximate surface area is 202 Å². The van der Waals surface area contributed by atoms with Crippen molar-refractivity contribution in [2.24, 2.45) is 0 Å². The molecule has 1 N–H and O–H groups in total. The normalized spacial score (nSPS) is 10.7. The van der Waals surface area contributed by atoms with Gasteiger partial charge in [-0.2, -0.15) is 9.78 Å². The number of aromatic nitrogens is 2. The third-order valence-corrected chi connectivity index (χ3v) is 5.94. The quantitative estimate of drug-likeness (QED) is 0.384. The average molecular weight is 498 g/mol.